The Morgan fingerprint density at radius 2 is 1.65 bits per heavy atom. The first-order valence-corrected chi connectivity index (χ1v) is 7.13. The smallest absolute Gasteiger partial charge is 0.341 e. The third kappa shape index (κ3) is 3.30. The van der Waals surface area contributed by atoms with Crippen LogP contribution in [0.5, 0.6) is 0 Å². The number of rotatable bonds is 1. The predicted octanol–water partition coefficient (Wildman–Crippen LogP) is 4.79. The molecule has 2 aromatic rings. The second-order valence-corrected chi connectivity index (χ2v) is 9.90. The van der Waals surface area contributed by atoms with E-state index in [1.165, 1.54) is 0 Å². The lowest BCUT2D eigenvalue weighted by molar-refractivity contribution is 0.0540. The van der Waals surface area contributed by atoms with Crippen LogP contribution in [0.25, 0.3) is 10.8 Å². The van der Waals surface area contributed by atoms with Gasteiger partial charge in [-0.15, -0.1) is 0 Å². The Kier molecular flexibility index (Phi) is 3.90. The van der Waals surface area contributed by atoms with E-state index in [-0.39, 0.29) is 0 Å². The van der Waals surface area contributed by atoms with Crippen molar-refractivity contribution >= 4 is 64.5 Å². The summed E-state index contributed by atoms with van der Waals surface area (Å²) in [6, 6.07) is 13.2. The van der Waals surface area contributed by atoms with Gasteiger partial charge in [-0.3, -0.25) is 0 Å². The van der Waals surface area contributed by atoms with E-state index in [0.29, 0.717) is 5.56 Å². The minimum Gasteiger partial charge on any atom is -0.423 e. The van der Waals surface area contributed by atoms with Gasteiger partial charge in [-0.05, 0) is 64.6 Å². The molecule has 0 radical (unpaired) electrons. The number of hydrogen-bond donors (Lipinski definition) is 0. The predicted molar refractivity (Wildman–Crippen MR) is 78.9 cm³/mol. The topological polar surface area (TPSA) is 26.3 Å². The molecule has 88 valence electrons. The van der Waals surface area contributed by atoms with Crippen molar-refractivity contribution in [3.8, 4) is 0 Å². The first kappa shape index (κ1) is 13.1. The molecule has 2 aromatic carbocycles. The van der Waals surface area contributed by atoms with Gasteiger partial charge in [0.1, 0.15) is 0 Å². The van der Waals surface area contributed by atoms with E-state index in [4.69, 9.17) is 4.74 Å². The third-order valence-corrected chi connectivity index (χ3v) is 2.70. The van der Waals surface area contributed by atoms with Gasteiger partial charge in [0.2, 0.25) is 0 Å². The van der Waals surface area contributed by atoms with Gasteiger partial charge in [-0.1, -0.05) is 36.4 Å². The van der Waals surface area contributed by atoms with Crippen LogP contribution in [0.3, 0.4) is 0 Å². The van der Waals surface area contributed by atoms with Gasteiger partial charge in [-0.2, -0.15) is 0 Å². The molecule has 0 amide bonds. The molecule has 5 heteroatoms. The lowest BCUT2D eigenvalue weighted by atomic mass is 10.1. The van der Waals surface area contributed by atoms with Crippen LogP contribution in [0.15, 0.2) is 42.5 Å². The summed E-state index contributed by atoms with van der Waals surface area (Å²) in [5.41, 5.74) is 0.533. The molecule has 0 aliphatic rings. The van der Waals surface area contributed by atoms with Crippen LogP contribution in [0, 0.1) is 0 Å². The number of alkyl halides is 3. The van der Waals surface area contributed by atoms with Crippen molar-refractivity contribution in [1.82, 2.24) is 0 Å². The van der Waals surface area contributed by atoms with Crippen molar-refractivity contribution in [3.05, 3.63) is 48.0 Å². The van der Waals surface area contributed by atoms with Gasteiger partial charge in [0.25, 0.3) is 2.33 Å². The maximum absolute atomic E-state index is 12.0. The number of hydrogen-bond acceptors (Lipinski definition) is 2. The number of esters is 1. The first-order valence-electron chi connectivity index (χ1n) is 4.75. The average Bonchev–Trinajstić information content (AvgIpc) is 2.26. The molecule has 0 N–H and O–H groups in total. The Morgan fingerprint density at radius 3 is 2.35 bits per heavy atom. The highest BCUT2D eigenvalue weighted by molar-refractivity contribution is 9.39. The summed E-state index contributed by atoms with van der Waals surface area (Å²) in [4.78, 5) is 12.0. The fraction of sp³-hybridized carbons (Fsp3) is 0.0833. The number of fused-ring (bicyclic) bond motifs is 1. The molecular formula is C12H7Br3O2. The zero-order valence-corrected chi connectivity index (χ0v) is 13.2. The Hall–Kier alpha value is -0.390. The summed E-state index contributed by atoms with van der Waals surface area (Å²) >= 11 is 9.39. The van der Waals surface area contributed by atoms with Crippen LogP contribution in [-0.4, -0.2) is 8.30 Å². The maximum atomic E-state index is 12.0. The van der Waals surface area contributed by atoms with E-state index in [2.05, 4.69) is 47.8 Å². The highest BCUT2D eigenvalue weighted by Gasteiger charge is 2.24. The van der Waals surface area contributed by atoms with Gasteiger partial charge >= 0.3 is 5.97 Å². The van der Waals surface area contributed by atoms with Crippen molar-refractivity contribution in [3.63, 3.8) is 0 Å². The molecule has 0 bridgehead atoms. The zero-order valence-electron chi connectivity index (χ0n) is 8.49. The van der Waals surface area contributed by atoms with E-state index < -0.39 is 8.30 Å². The van der Waals surface area contributed by atoms with Gasteiger partial charge in [-0.25, -0.2) is 4.79 Å². The van der Waals surface area contributed by atoms with Gasteiger partial charge in [0.15, 0.2) is 0 Å². The van der Waals surface area contributed by atoms with Crippen molar-refractivity contribution < 1.29 is 9.53 Å². The van der Waals surface area contributed by atoms with Crippen molar-refractivity contribution in [2.75, 3.05) is 0 Å². The maximum Gasteiger partial charge on any atom is 0.341 e. The van der Waals surface area contributed by atoms with Crippen LogP contribution < -0.4 is 0 Å². The van der Waals surface area contributed by atoms with Gasteiger partial charge < -0.3 is 4.74 Å². The molecule has 0 saturated heterocycles. The van der Waals surface area contributed by atoms with Crippen molar-refractivity contribution in [2.24, 2.45) is 0 Å². The fourth-order valence-corrected chi connectivity index (χ4v) is 2.00. The number of carbonyl (C=O) groups is 1. The number of ether oxygens (including phenoxy) is 1. The van der Waals surface area contributed by atoms with E-state index in [0.717, 1.165) is 10.8 Å². The summed E-state index contributed by atoms with van der Waals surface area (Å²) in [6.45, 7) is 0. The Bertz CT molecular complexity index is 556. The van der Waals surface area contributed by atoms with Crippen LogP contribution >= 0.6 is 47.8 Å². The average molecular weight is 423 g/mol. The van der Waals surface area contributed by atoms with E-state index in [9.17, 15) is 4.79 Å². The molecular weight excluding hydrogens is 416 g/mol. The van der Waals surface area contributed by atoms with Crippen molar-refractivity contribution in [1.29, 1.82) is 0 Å². The van der Waals surface area contributed by atoms with Crippen molar-refractivity contribution in [2.45, 2.75) is 2.33 Å². The molecule has 0 saturated carbocycles. The van der Waals surface area contributed by atoms with Crippen LogP contribution in [-0.2, 0) is 4.74 Å². The minimum absolute atomic E-state index is 0.410. The molecule has 0 aliphatic heterocycles. The molecule has 0 aromatic heterocycles. The molecule has 0 heterocycles. The SMILES string of the molecule is O=C(OC(Br)(Br)Br)c1cccc2ccccc12. The summed E-state index contributed by atoms with van der Waals surface area (Å²) in [7, 11) is 0. The largest absolute Gasteiger partial charge is 0.423 e. The highest BCUT2D eigenvalue weighted by atomic mass is 80.0. The number of halogens is 3. The molecule has 2 rings (SSSR count). The second-order valence-electron chi connectivity index (χ2n) is 3.36. The lowest BCUT2D eigenvalue weighted by Crippen LogP contribution is -2.14. The lowest BCUT2D eigenvalue weighted by Gasteiger charge is -2.14. The summed E-state index contributed by atoms with van der Waals surface area (Å²) in [6.07, 6.45) is 0. The second kappa shape index (κ2) is 5.08. The molecule has 0 unspecified atom stereocenters. The normalized spacial score (nSPS) is 11.5. The molecule has 0 atom stereocenters. The monoisotopic (exact) mass is 420 g/mol. The van der Waals surface area contributed by atoms with Crippen LogP contribution in [0.2, 0.25) is 0 Å². The molecule has 0 fully saturated rings. The summed E-state index contributed by atoms with van der Waals surface area (Å²) < 4.78 is 4.12. The number of benzene rings is 2. The van der Waals surface area contributed by atoms with E-state index in [1.54, 1.807) is 6.07 Å². The Labute approximate surface area is 124 Å². The highest BCUT2D eigenvalue weighted by Crippen LogP contribution is 2.36. The molecule has 0 aliphatic carbocycles. The quantitative estimate of drug-likeness (QED) is 0.487. The van der Waals surface area contributed by atoms with E-state index in [1.807, 2.05) is 36.4 Å². The molecule has 2 nitrogen and oxygen atoms in total. The van der Waals surface area contributed by atoms with Gasteiger partial charge in [0, 0.05) is 0 Å². The van der Waals surface area contributed by atoms with Crippen LogP contribution in [0.4, 0.5) is 0 Å². The molecule has 17 heavy (non-hydrogen) atoms. The fourth-order valence-electron chi connectivity index (χ4n) is 1.56. The standard InChI is InChI=1S/C12H7Br3O2/c13-12(14,15)17-11(16)10-7-3-5-8-4-1-2-6-9(8)10/h1-7H. The first-order chi connectivity index (χ1) is 7.97. The molecule has 0 spiro atoms. The Balaban J connectivity index is 2.45. The van der Waals surface area contributed by atoms with E-state index >= 15 is 0 Å². The summed E-state index contributed by atoms with van der Waals surface area (Å²) in [5.74, 6) is -0.410. The summed E-state index contributed by atoms with van der Waals surface area (Å²) in [5, 5.41) is 1.88. The van der Waals surface area contributed by atoms with Gasteiger partial charge in [0.05, 0.1) is 5.56 Å². The zero-order chi connectivity index (χ0) is 12.5. The number of carbonyl (C=O) groups excluding carboxylic acids is 1. The minimum atomic E-state index is -1.03. The third-order valence-electron chi connectivity index (χ3n) is 2.22. The Morgan fingerprint density at radius 1 is 1.00 bits per heavy atom. The van der Waals surface area contributed by atoms with Crippen LogP contribution in [0.1, 0.15) is 10.4 Å².